The van der Waals surface area contributed by atoms with E-state index in [-0.39, 0.29) is 5.91 Å². The van der Waals surface area contributed by atoms with Gasteiger partial charge in [0.05, 0.1) is 5.69 Å². The van der Waals surface area contributed by atoms with Crippen LogP contribution in [0.25, 0.3) is 17.5 Å². The first-order valence-corrected chi connectivity index (χ1v) is 9.24. The molecule has 4 rings (SSSR count). The average Bonchev–Trinajstić information content (AvgIpc) is 3.21. The van der Waals surface area contributed by atoms with Crippen molar-refractivity contribution in [2.45, 2.75) is 46.0 Å². The summed E-state index contributed by atoms with van der Waals surface area (Å²) < 4.78 is 0. The van der Waals surface area contributed by atoms with Crippen molar-refractivity contribution in [2.24, 2.45) is 5.41 Å². The number of carbonyl (C=O) groups excluding carboxylic acids is 1. The van der Waals surface area contributed by atoms with Crippen LogP contribution in [0, 0.1) is 5.41 Å². The third-order valence-electron chi connectivity index (χ3n) is 5.74. The highest BCUT2D eigenvalue weighted by atomic mass is 16.3. The second-order valence-corrected chi connectivity index (χ2v) is 8.23. The van der Waals surface area contributed by atoms with Crippen LogP contribution in [0.3, 0.4) is 0 Å². The Bertz CT molecular complexity index is 888. The van der Waals surface area contributed by atoms with Gasteiger partial charge in [-0.15, -0.1) is 0 Å². The van der Waals surface area contributed by atoms with Crippen molar-refractivity contribution >= 4 is 12.0 Å². The molecule has 0 radical (unpaired) electrons. The first kappa shape index (κ1) is 17.1. The van der Waals surface area contributed by atoms with Crippen molar-refractivity contribution in [3.8, 4) is 11.4 Å². The Labute approximate surface area is 153 Å². The minimum absolute atomic E-state index is 0.278. The molecule has 0 fully saturated rings. The summed E-state index contributed by atoms with van der Waals surface area (Å²) in [5, 5.41) is 16.9. The van der Waals surface area contributed by atoms with Crippen LogP contribution in [0.4, 0.5) is 0 Å². The Hall–Kier alpha value is -2.34. The maximum atomic E-state index is 11.7. The third kappa shape index (κ3) is 2.88. The highest BCUT2D eigenvalue weighted by molar-refractivity contribution is 5.80. The number of nitrogens with zero attached hydrogens (tertiary/aromatic N) is 2. The van der Waals surface area contributed by atoms with Gasteiger partial charge in [-0.3, -0.25) is 9.89 Å². The maximum absolute atomic E-state index is 11.7. The molecule has 3 N–H and O–H groups in total. The molecule has 2 aliphatic carbocycles. The molecule has 2 heterocycles. The van der Waals surface area contributed by atoms with Crippen molar-refractivity contribution in [2.75, 3.05) is 13.7 Å². The number of fused-ring (bicyclic) bond motifs is 2. The summed E-state index contributed by atoms with van der Waals surface area (Å²) >= 11 is 0. The van der Waals surface area contributed by atoms with Crippen LogP contribution in [0.1, 0.15) is 49.2 Å². The van der Waals surface area contributed by atoms with E-state index in [1.165, 1.54) is 23.4 Å². The van der Waals surface area contributed by atoms with Crippen LogP contribution < -0.4 is 0 Å². The number of carbonyl (C=O) groups is 1. The number of likely N-dealkylation sites (N-methyl/N-ethyl adjacent to an activating group) is 1. The number of allylic oxidation sites excluding steroid dienone is 1. The largest absolute Gasteiger partial charge is 0.387 e. The van der Waals surface area contributed by atoms with E-state index in [9.17, 15) is 4.79 Å². The molecule has 0 bridgehead atoms. The molecule has 0 aliphatic heterocycles. The zero-order valence-electron chi connectivity index (χ0n) is 15.6. The molecule has 138 valence electrons. The molecule has 6 heteroatoms. The molecule has 0 unspecified atom stereocenters. The second-order valence-electron chi connectivity index (χ2n) is 8.23. The molecule has 0 atom stereocenters. The number of aliphatic hydroxyl groups excluding tert-OH is 1. The zero-order valence-corrected chi connectivity index (χ0v) is 15.6. The molecule has 6 nitrogen and oxygen atoms in total. The first-order chi connectivity index (χ1) is 12.4. The fourth-order valence-corrected chi connectivity index (χ4v) is 4.08. The highest BCUT2D eigenvalue weighted by Gasteiger charge is 2.30. The van der Waals surface area contributed by atoms with E-state index >= 15 is 0 Å². The van der Waals surface area contributed by atoms with E-state index in [1.54, 1.807) is 11.9 Å². The number of aryl methyl sites for hydroxylation is 1. The van der Waals surface area contributed by atoms with Gasteiger partial charge in [-0.25, -0.2) is 0 Å². The van der Waals surface area contributed by atoms with Crippen LogP contribution in [0.2, 0.25) is 0 Å². The molecule has 2 aliphatic rings. The van der Waals surface area contributed by atoms with Gasteiger partial charge in [-0.1, -0.05) is 13.8 Å². The summed E-state index contributed by atoms with van der Waals surface area (Å²) in [6.07, 6.45) is 6.92. The van der Waals surface area contributed by atoms with Gasteiger partial charge in [0, 0.05) is 29.7 Å². The normalized spacial score (nSPS) is 18.1. The minimum Gasteiger partial charge on any atom is -0.387 e. The van der Waals surface area contributed by atoms with E-state index in [0.717, 1.165) is 48.3 Å². The summed E-state index contributed by atoms with van der Waals surface area (Å²) in [4.78, 5) is 16.8. The molecule has 26 heavy (non-hydrogen) atoms. The van der Waals surface area contributed by atoms with E-state index in [0.29, 0.717) is 5.41 Å². The summed E-state index contributed by atoms with van der Waals surface area (Å²) in [6.45, 7) is 4.15. The first-order valence-electron chi connectivity index (χ1n) is 9.24. The lowest BCUT2D eigenvalue weighted by atomic mass is 9.76. The number of aromatic amines is 2. The van der Waals surface area contributed by atoms with E-state index in [2.05, 4.69) is 35.1 Å². The number of H-pyrrole nitrogens is 2. The average molecular weight is 354 g/mol. The summed E-state index contributed by atoms with van der Waals surface area (Å²) in [5.74, 6) is -0.278. The number of aliphatic hydroxyl groups is 1. The van der Waals surface area contributed by atoms with Crippen LogP contribution >= 0.6 is 0 Å². The van der Waals surface area contributed by atoms with Gasteiger partial charge >= 0.3 is 0 Å². The van der Waals surface area contributed by atoms with Gasteiger partial charge in [0.2, 0.25) is 0 Å². The smallest absolute Gasteiger partial charge is 0.252 e. The lowest BCUT2D eigenvalue weighted by molar-refractivity contribution is -0.131. The van der Waals surface area contributed by atoms with E-state index in [4.69, 9.17) is 5.11 Å². The Morgan fingerprint density at radius 3 is 2.88 bits per heavy atom. The fourth-order valence-electron chi connectivity index (χ4n) is 4.08. The Morgan fingerprint density at radius 2 is 2.12 bits per heavy atom. The molecule has 1 amide bonds. The predicted octanol–water partition coefficient (Wildman–Crippen LogP) is 2.66. The van der Waals surface area contributed by atoms with Crippen LogP contribution in [-0.2, 0) is 24.1 Å². The van der Waals surface area contributed by atoms with Crippen LogP contribution in [0.15, 0.2) is 11.8 Å². The fraction of sp³-hybridized carbons (Fsp3) is 0.500. The van der Waals surface area contributed by atoms with Crippen molar-refractivity contribution < 1.29 is 9.90 Å². The summed E-state index contributed by atoms with van der Waals surface area (Å²) in [7, 11) is 1.72. The van der Waals surface area contributed by atoms with Gasteiger partial charge in [-0.2, -0.15) is 5.10 Å². The zero-order chi connectivity index (χ0) is 18.5. The van der Waals surface area contributed by atoms with Crippen LogP contribution in [0.5, 0.6) is 0 Å². The van der Waals surface area contributed by atoms with Gasteiger partial charge in [0.1, 0.15) is 12.3 Å². The van der Waals surface area contributed by atoms with Crippen molar-refractivity contribution in [3.63, 3.8) is 0 Å². The van der Waals surface area contributed by atoms with Crippen molar-refractivity contribution in [3.05, 3.63) is 34.3 Å². The summed E-state index contributed by atoms with van der Waals surface area (Å²) in [5.41, 5.74) is 8.21. The van der Waals surface area contributed by atoms with Crippen LogP contribution in [-0.4, -0.2) is 44.7 Å². The molecule has 0 saturated carbocycles. The molecular weight excluding hydrogens is 328 g/mol. The number of hydrogen-bond donors (Lipinski definition) is 3. The molecule has 2 aromatic heterocycles. The quantitative estimate of drug-likeness (QED) is 0.792. The number of rotatable bonds is 3. The van der Waals surface area contributed by atoms with E-state index < -0.39 is 6.61 Å². The highest BCUT2D eigenvalue weighted by Crippen LogP contribution is 2.38. The maximum Gasteiger partial charge on any atom is 0.252 e. The Morgan fingerprint density at radius 1 is 1.31 bits per heavy atom. The van der Waals surface area contributed by atoms with E-state index in [1.807, 2.05) is 6.08 Å². The third-order valence-corrected chi connectivity index (χ3v) is 5.74. The molecule has 2 aromatic rings. The van der Waals surface area contributed by atoms with Gasteiger partial charge in [0.25, 0.3) is 5.91 Å². The topological polar surface area (TPSA) is 85.0 Å². The minimum atomic E-state index is -0.463. The number of aromatic nitrogens is 3. The summed E-state index contributed by atoms with van der Waals surface area (Å²) in [6, 6.07) is 2.13. The molecule has 0 saturated heterocycles. The Balaban J connectivity index is 1.65. The SMILES string of the molecule is CN(C(=O)CO)C1=Cc2cc(-c3n[nH]c4c3CCC(C)(C)C4)[nH]c2CC1. The lowest BCUT2D eigenvalue weighted by Crippen LogP contribution is -2.29. The Kier molecular flexibility index (Phi) is 4.03. The molecular formula is C20H26N4O2. The molecule has 0 spiro atoms. The number of hydrogen-bond acceptors (Lipinski definition) is 3. The molecule has 0 aromatic carbocycles. The monoisotopic (exact) mass is 354 g/mol. The van der Waals surface area contributed by atoms with Gasteiger partial charge in [0.15, 0.2) is 0 Å². The standard InChI is InChI=1S/C20H26N4O2/c1-20(2)7-6-14-17(10-20)22-23-19(14)16-9-12-8-13(4-5-15(12)21-16)24(3)18(26)11-25/h8-9,21,25H,4-7,10-11H2,1-3H3,(H,22,23). The van der Waals surface area contributed by atoms with Crippen molar-refractivity contribution in [1.29, 1.82) is 0 Å². The second kappa shape index (κ2) is 6.13. The number of nitrogens with one attached hydrogen (secondary N) is 2. The number of amides is 1. The van der Waals surface area contributed by atoms with Crippen molar-refractivity contribution in [1.82, 2.24) is 20.1 Å². The van der Waals surface area contributed by atoms with Gasteiger partial charge < -0.3 is 15.0 Å². The lowest BCUT2D eigenvalue weighted by Gasteiger charge is -2.29. The predicted molar refractivity (Wildman–Crippen MR) is 100 cm³/mol. The van der Waals surface area contributed by atoms with Gasteiger partial charge in [-0.05, 0) is 55.2 Å².